The van der Waals surface area contributed by atoms with Crippen molar-refractivity contribution >= 4 is 5.97 Å². The quantitative estimate of drug-likeness (QED) is 0.326. The number of aliphatic hydroxyl groups is 2. The van der Waals surface area contributed by atoms with Gasteiger partial charge >= 0.3 is 5.97 Å². The van der Waals surface area contributed by atoms with Crippen LogP contribution in [0.3, 0.4) is 0 Å². The highest BCUT2D eigenvalue weighted by molar-refractivity contribution is 5.74. The summed E-state index contributed by atoms with van der Waals surface area (Å²) in [7, 11) is 0. The van der Waals surface area contributed by atoms with Crippen LogP contribution < -0.4 is 0 Å². The average Bonchev–Trinajstić information content (AvgIpc) is 2.57. The maximum atomic E-state index is 11.4. The molecule has 2 unspecified atom stereocenters. The molecule has 0 rings (SSSR count). The molecule has 0 radical (unpaired) electrons. The van der Waals surface area contributed by atoms with Crippen LogP contribution in [0.15, 0.2) is 0 Å². The first-order valence-electron chi connectivity index (χ1n) is 9.65. The topological polar surface area (TPSA) is 66.8 Å². The van der Waals surface area contributed by atoms with Crippen LogP contribution in [-0.2, 0) is 9.53 Å². The van der Waals surface area contributed by atoms with E-state index in [2.05, 4.69) is 6.92 Å². The number of rotatable bonds is 16. The van der Waals surface area contributed by atoms with Gasteiger partial charge in [0.25, 0.3) is 0 Å². The number of carbonyl (C=O) groups is 1. The lowest BCUT2D eigenvalue weighted by Crippen LogP contribution is -2.30. The normalized spacial score (nSPS) is 13.7. The Bertz CT molecular complexity index is 268. The van der Waals surface area contributed by atoms with Crippen LogP contribution in [0.25, 0.3) is 0 Å². The van der Waals surface area contributed by atoms with Crippen LogP contribution in [0.1, 0.15) is 97.3 Å². The lowest BCUT2D eigenvalue weighted by molar-refractivity contribution is -0.161. The molecule has 0 amide bonds. The molecule has 0 aliphatic rings. The van der Waals surface area contributed by atoms with E-state index < -0.39 is 18.7 Å². The Morgan fingerprint density at radius 3 is 1.78 bits per heavy atom. The Balaban J connectivity index is 3.46. The first kappa shape index (κ1) is 22.4. The molecule has 4 heteroatoms. The molecule has 0 aromatic heterocycles. The number of hydrogen-bond acceptors (Lipinski definition) is 4. The SMILES string of the molecule is CCCCCCCCCCCCCC(CC)OC(=O)C(O)CO. The zero-order valence-corrected chi connectivity index (χ0v) is 15.3. The first-order chi connectivity index (χ1) is 11.2. The van der Waals surface area contributed by atoms with E-state index >= 15 is 0 Å². The van der Waals surface area contributed by atoms with Gasteiger partial charge in [-0.3, -0.25) is 0 Å². The van der Waals surface area contributed by atoms with E-state index in [0.29, 0.717) is 0 Å². The van der Waals surface area contributed by atoms with Crippen molar-refractivity contribution in [3.63, 3.8) is 0 Å². The molecule has 0 aromatic rings. The molecule has 0 bridgehead atoms. The van der Waals surface area contributed by atoms with Gasteiger partial charge in [-0.2, -0.15) is 0 Å². The fourth-order valence-electron chi connectivity index (χ4n) is 2.70. The summed E-state index contributed by atoms with van der Waals surface area (Å²) in [5.41, 5.74) is 0. The zero-order chi connectivity index (χ0) is 17.3. The van der Waals surface area contributed by atoms with Gasteiger partial charge in [-0.25, -0.2) is 4.79 Å². The molecule has 0 aromatic carbocycles. The van der Waals surface area contributed by atoms with Crippen molar-refractivity contribution in [2.24, 2.45) is 0 Å². The maximum Gasteiger partial charge on any atom is 0.337 e. The highest BCUT2D eigenvalue weighted by Gasteiger charge is 2.19. The van der Waals surface area contributed by atoms with Gasteiger partial charge in [-0.1, -0.05) is 78.1 Å². The predicted octanol–water partition coefficient (Wildman–Crippen LogP) is 4.36. The third-order valence-electron chi connectivity index (χ3n) is 4.31. The number of ether oxygens (including phenoxy) is 1. The van der Waals surface area contributed by atoms with Gasteiger partial charge in [0.15, 0.2) is 6.10 Å². The Hall–Kier alpha value is -0.610. The minimum absolute atomic E-state index is 0.137. The van der Waals surface area contributed by atoms with Crippen molar-refractivity contribution in [1.29, 1.82) is 0 Å². The molecule has 4 nitrogen and oxygen atoms in total. The number of aliphatic hydroxyl groups excluding tert-OH is 2. The lowest BCUT2D eigenvalue weighted by atomic mass is 10.0. The summed E-state index contributed by atoms with van der Waals surface area (Å²) in [6, 6.07) is 0. The van der Waals surface area contributed by atoms with Crippen molar-refractivity contribution in [3.05, 3.63) is 0 Å². The molecule has 0 saturated heterocycles. The van der Waals surface area contributed by atoms with Crippen LogP contribution in [-0.4, -0.2) is 35.0 Å². The second-order valence-electron chi connectivity index (χ2n) is 6.49. The largest absolute Gasteiger partial charge is 0.460 e. The molecule has 138 valence electrons. The van der Waals surface area contributed by atoms with Crippen molar-refractivity contribution in [3.8, 4) is 0 Å². The van der Waals surface area contributed by atoms with Crippen molar-refractivity contribution in [2.45, 2.75) is 110 Å². The molecule has 2 N–H and O–H groups in total. The van der Waals surface area contributed by atoms with E-state index in [0.717, 1.165) is 19.3 Å². The van der Waals surface area contributed by atoms with Gasteiger partial charge in [0.2, 0.25) is 0 Å². The zero-order valence-electron chi connectivity index (χ0n) is 15.3. The highest BCUT2D eigenvalue weighted by Crippen LogP contribution is 2.14. The molecule has 0 spiro atoms. The molecule has 0 fully saturated rings. The lowest BCUT2D eigenvalue weighted by Gasteiger charge is -2.17. The maximum absolute atomic E-state index is 11.4. The molecule has 2 atom stereocenters. The van der Waals surface area contributed by atoms with Crippen molar-refractivity contribution < 1.29 is 19.7 Å². The van der Waals surface area contributed by atoms with Gasteiger partial charge in [0, 0.05) is 0 Å². The van der Waals surface area contributed by atoms with Crippen LogP contribution in [0.4, 0.5) is 0 Å². The molecular weight excluding hydrogens is 292 g/mol. The Labute approximate surface area is 142 Å². The van der Waals surface area contributed by atoms with Crippen LogP contribution in [0.5, 0.6) is 0 Å². The monoisotopic (exact) mass is 330 g/mol. The summed E-state index contributed by atoms with van der Waals surface area (Å²) in [5, 5.41) is 17.9. The van der Waals surface area contributed by atoms with E-state index in [9.17, 15) is 9.90 Å². The van der Waals surface area contributed by atoms with Gasteiger partial charge < -0.3 is 14.9 Å². The summed E-state index contributed by atoms with van der Waals surface area (Å²) >= 11 is 0. The molecule has 23 heavy (non-hydrogen) atoms. The second kappa shape index (κ2) is 16.3. The number of hydrogen-bond donors (Lipinski definition) is 2. The van der Waals surface area contributed by atoms with Crippen molar-refractivity contribution in [2.75, 3.05) is 6.61 Å². The van der Waals surface area contributed by atoms with Crippen molar-refractivity contribution in [1.82, 2.24) is 0 Å². The third-order valence-corrected chi connectivity index (χ3v) is 4.31. The first-order valence-corrected chi connectivity index (χ1v) is 9.65. The Kier molecular flexibility index (Phi) is 15.8. The number of esters is 1. The number of carbonyl (C=O) groups excluding carboxylic acids is 1. The minimum atomic E-state index is -1.40. The molecule has 0 aliphatic carbocycles. The Morgan fingerprint density at radius 1 is 0.870 bits per heavy atom. The van der Waals surface area contributed by atoms with Gasteiger partial charge in [-0.15, -0.1) is 0 Å². The van der Waals surface area contributed by atoms with E-state index in [1.807, 2.05) is 6.92 Å². The van der Waals surface area contributed by atoms with Gasteiger partial charge in [-0.05, 0) is 19.3 Å². The van der Waals surface area contributed by atoms with Crippen LogP contribution in [0, 0.1) is 0 Å². The average molecular weight is 331 g/mol. The van der Waals surface area contributed by atoms with Gasteiger partial charge in [0.05, 0.1) is 6.61 Å². The van der Waals surface area contributed by atoms with Crippen LogP contribution >= 0.6 is 0 Å². The predicted molar refractivity (Wildman–Crippen MR) is 94.3 cm³/mol. The second-order valence-corrected chi connectivity index (χ2v) is 6.49. The molecule has 0 saturated carbocycles. The van der Waals surface area contributed by atoms with Gasteiger partial charge in [0.1, 0.15) is 6.10 Å². The fraction of sp³-hybridized carbons (Fsp3) is 0.947. The summed E-state index contributed by atoms with van der Waals surface area (Å²) < 4.78 is 5.20. The number of unbranched alkanes of at least 4 members (excludes halogenated alkanes) is 10. The summed E-state index contributed by atoms with van der Waals surface area (Å²) in [6.45, 7) is 3.65. The van der Waals surface area contributed by atoms with E-state index in [1.54, 1.807) is 0 Å². The summed E-state index contributed by atoms with van der Waals surface area (Å²) in [5.74, 6) is -0.706. The fourth-order valence-corrected chi connectivity index (χ4v) is 2.70. The van der Waals surface area contributed by atoms with Crippen LogP contribution in [0.2, 0.25) is 0 Å². The van der Waals surface area contributed by atoms with E-state index in [1.165, 1.54) is 64.2 Å². The third kappa shape index (κ3) is 13.5. The highest BCUT2D eigenvalue weighted by atomic mass is 16.6. The minimum Gasteiger partial charge on any atom is -0.460 e. The Morgan fingerprint density at radius 2 is 1.35 bits per heavy atom. The smallest absolute Gasteiger partial charge is 0.337 e. The standard InChI is InChI=1S/C19H38O4/c1-3-5-6-7-8-9-10-11-12-13-14-15-17(4-2)23-19(22)18(21)16-20/h17-18,20-21H,3-16H2,1-2H3. The van der Waals surface area contributed by atoms with E-state index in [4.69, 9.17) is 9.84 Å². The molecule has 0 aliphatic heterocycles. The molecular formula is C19H38O4. The summed E-state index contributed by atoms with van der Waals surface area (Å²) in [4.78, 5) is 11.4. The van der Waals surface area contributed by atoms with E-state index in [-0.39, 0.29) is 6.10 Å². The molecule has 0 heterocycles. The summed E-state index contributed by atoms with van der Waals surface area (Å²) in [6.07, 6.45) is 14.4.